The first-order chi connectivity index (χ1) is 31.3. The van der Waals surface area contributed by atoms with Gasteiger partial charge in [0.15, 0.2) is 23.0 Å². The highest BCUT2D eigenvalue weighted by atomic mass is 16.5. The number of fused-ring (bicyclic) bond motifs is 1. The molecule has 3 atom stereocenters. The number of hydrogen-bond donors (Lipinski definition) is 0. The van der Waals surface area contributed by atoms with Crippen molar-refractivity contribution in [3.05, 3.63) is 95.6 Å². The molecule has 4 aromatic rings. The molecule has 4 aromatic carbocycles. The van der Waals surface area contributed by atoms with Gasteiger partial charge in [0.1, 0.15) is 11.5 Å². The molecule has 2 aliphatic heterocycles. The van der Waals surface area contributed by atoms with Gasteiger partial charge in [-0.3, -0.25) is 9.59 Å². The first-order valence-electron chi connectivity index (χ1n) is 23.5. The van der Waals surface area contributed by atoms with Crippen LogP contribution in [0.3, 0.4) is 0 Å². The fraction of sp³-hybridized carbons (Fsp3) is 0.500. The number of hydrogen-bond acceptors (Lipinski definition) is 10. The van der Waals surface area contributed by atoms with Gasteiger partial charge in [-0.2, -0.15) is 0 Å². The van der Waals surface area contributed by atoms with Crippen molar-refractivity contribution in [3.8, 4) is 34.5 Å². The van der Waals surface area contributed by atoms with Crippen LogP contribution in [0.4, 0.5) is 11.4 Å². The van der Waals surface area contributed by atoms with Gasteiger partial charge >= 0.3 is 0 Å². The number of ether oxygens (including phenoxy) is 6. The molecule has 0 radical (unpaired) electrons. The number of rotatable bonds is 20. The number of piperazine rings is 2. The second-order valence-electron chi connectivity index (χ2n) is 16.7. The summed E-state index contributed by atoms with van der Waals surface area (Å²) in [6.45, 7) is 15.4. The van der Waals surface area contributed by atoms with Gasteiger partial charge in [-0.25, -0.2) is 0 Å². The number of methoxy groups -OCH3 is 2. The molecule has 2 saturated heterocycles. The summed E-state index contributed by atoms with van der Waals surface area (Å²) in [6.07, 6.45) is 3.99. The number of unbranched alkanes of at least 4 members (excludes halogenated alkanes) is 2. The monoisotopic (exact) mass is 877 g/mol. The summed E-state index contributed by atoms with van der Waals surface area (Å²) in [5.74, 6) is 2.84. The molecule has 12 nitrogen and oxygen atoms in total. The Balaban J connectivity index is 1.24. The van der Waals surface area contributed by atoms with Crippen molar-refractivity contribution in [3.63, 3.8) is 0 Å². The third-order valence-corrected chi connectivity index (χ3v) is 12.9. The molecular formula is C52H68N4O8. The molecule has 0 N–H and O–H groups in total. The van der Waals surface area contributed by atoms with Gasteiger partial charge in [0.05, 0.1) is 57.9 Å². The molecule has 64 heavy (non-hydrogen) atoms. The van der Waals surface area contributed by atoms with E-state index in [-0.39, 0.29) is 18.2 Å². The SMILES string of the molecule is CCCCOc1ccc(C2c3cc(OCCCC)c(OC)cc3C(CC(=O)N3CCN(c4ccccc4OCC)CC3)C2C(=O)N2CCN(c3ccccc3OCC)CC2)cc1OC. The van der Waals surface area contributed by atoms with Crippen LogP contribution in [-0.4, -0.2) is 115 Å². The molecule has 3 unspecified atom stereocenters. The number of carbonyl (C=O) groups excluding carboxylic acids is 2. The minimum atomic E-state index is -0.590. The van der Waals surface area contributed by atoms with E-state index in [2.05, 4.69) is 47.9 Å². The average Bonchev–Trinajstić information content (AvgIpc) is 3.64. The van der Waals surface area contributed by atoms with Crippen molar-refractivity contribution < 1.29 is 38.0 Å². The van der Waals surface area contributed by atoms with Crippen LogP contribution in [0.1, 0.15) is 88.3 Å². The zero-order chi connectivity index (χ0) is 45.0. The van der Waals surface area contributed by atoms with Crippen LogP contribution in [0.5, 0.6) is 34.5 Å². The average molecular weight is 877 g/mol. The van der Waals surface area contributed by atoms with E-state index in [9.17, 15) is 4.79 Å². The van der Waals surface area contributed by atoms with Crippen molar-refractivity contribution in [2.75, 3.05) is 103 Å². The lowest BCUT2D eigenvalue weighted by Gasteiger charge is -2.40. The minimum Gasteiger partial charge on any atom is -0.493 e. The van der Waals surface area contributed by atoms with Crippen molar-refractivity contribution in [2.24, 2.45) is 5.92 Å². The van der Waals surface area contributed by atoms with E-state index in [1.807, 2.05) is 78.2 Å². The van der Waals surface area contributed by atoms with E-state index in [4.69, 9.17) is 28.4 Å². The van der Waals surface area contributed by atoms with Crippen LogP contribution in [0.25, 0.3) is 0 Å². The molecule has 0 spiro atoms. The Morgan fingerprint density at radius 1 is 0.547 bits per heavy atom. The number of carbonyl (C=O) groups is 2. The molecular weight excluding hydrogens is 809 g/mol. The molecule has 2 fully saturated rings. The molecule has 0 saturated carbocycles. The van der Waals surface area contributed by atoms with E-state index in [0.717, 1.165) is 65.2 Å². The topological polar surface area (TPSA) is 102 Å². The Kier molecular flexibility index (Phi) is 16.0. The normalized spacial score (nSPS) is 18.4. The Morgan fingerprint density at radius 3 is 1.61 bits per heavy atom. The van der Waals surface area contributed by atoms with Gasteiger partial charge in [0, 0.05) is 70.6 Å². The largest absolute Gasteiger partial charge is 0.493 e. The number of amides is 2. The summed E-state index contributed by atoms with van der Waals surface area (Å²) in [6, 6.07) is 26.3. The molecule has 2 amide bonds. The van der Waals surface area contributed by atoms with Crippen LogP contribution < -0.4 is 38.2 Å². The molecule has 1 aliphatic carbocycles. The fourth-order valence-corrected chi connectivity index (χ4v) is 9.55. The van der Waals surface area contributed by atoms with E-state index >= 15 is 4.79 Å². The number of para-hydroxylation sites is 4. The lowest BCUT2D eigenvalue weighted by atomic mass is 9.79. The van der Waals surface area contributed by atoms with Gasteiger partial charge in [0.25, 0.3) is 0 Å². The van der Waals surface area contributed by atoms with Gasteiger partial charge in [0.2, 0.25) is 11.8 Å². The maximum absolute atomic E-state index is 15.6. The molecule has 344 valence electrons. The maximum atomic E-state index is 15.6. The van der Waals surface area contributed by atoms with Crippen LogP contribution in [0, 0.1) is 5.92 Å². The number of benzene rings is 4. The molecule has 0 aromatic heterocycles. The zero-order valence-electron chi connectivity index (χ0n) is 38.8. The maximum Gasteiger partial charge on any atom is 0.227 e. The minimum absolute atomic E-state index is 0.0313. The number of anilines is 2. The lowest BCUT2D eigenvalue weighted by molar-refractivity contribution is -0.138. The Bertz CT molecular complexity index is 2170. The van der Waals surface area contributed by atoms with Crippen LogP contribution in [0.2, 0.25) is 0 Å². The lowest BCUT2D eigenvalue weighted by Crippen LogP contribution is -2.52. The predicted octanol–water partition coefficient (Wildman–Crippen LogP) is 8.79. The summed E-state index contributed by atoms with van der Waals surface area (Å²) in [4.78, 5) is 38.9. The highest BCUT2D eigenvalue weighted by molar-refractivity contribution is 5.87. The summed E-state index contributed by atoms with van der Waals surface area (Å²) in [7, 11) is 3.31. The third-order valence-electron chi connectivity index (χ3n) is 12.9. The Hall–Kier alpha value is -5.78. The highest BCUT2D eigenvalue weighted by Crippen LogP contribution is 2.55. The summed E-state index contributed by atoms with van der Waals surface area (Å²) in [5, 5.41) is 0. The van der Waals surface area contributed by atoms with Gasteiger partial charge in [-0.1, -0.05) is 57.0 Å². The third kappa shape index (κ3) is 10.3. The summed E-state index contributed by atoms with van der Waals surface area (Å²) < 4.78 is 36.5. The molecule has 2 heterocycles. The Morgan fingerprint density at radius 2 is 1.06 bits per heavy atom. The van der Waals surface area contributed by atoms with Crippen molar-refractivity contribution in [1.29, 1.82) is 0 Å². The van der Waals surface area contributed by atoms with Gasteiger partial charge in [-0.15, -0.1) is 0 Å². The van der Waals surface area contributed by atoms with Crippen LogP contribution >= 0.6 is 0 Å². The van der Waals surface area contributed by atoms with Gasteiger partial charge < -0.3 is 48.0 Å². The van der Waals surface area contributed by atoms with E-state index in [0.29, 0.717) is 102 Å². The second-order valence-corrected chi connectivity index (χ2v) is 16.7. The van der Waals surface area contributed by atoms with Crippen molar-refractivity contribution >= 4 is 23.2 Å². The molecule has 0 bridgehead atoms. The summed E-state index contributed by atoms with van der Waals surface area (Å²) in [5.41, 5.74) is 4.89. The predicted molar refractivity (Wildman–Crippen MR) is 252 cm³/mol. The fourth-order valence-electron chi connectivity index (χ4n) is 9.55. The van der Waals surface area contributed by atoms with Crippen molar-refractivity contribution in [1.82, 2.24) is 9.80 Å². The molecule has 3 aliphatic rings. The zero-order valence-corrected chi connectivity index (χ0v) is 38.8. The number of nitrogens with zero attached hydrogens (tertiary/aromatic N) is 4. The van der Waals surface area contributed by atoms with Crippen LogP contribution in [0.15, 0.2) is 78.9 Å². The van der Waals surface area contributed by atoms with Gasteiger partial charge in [-0.05, 0) is 91.9 Å². The molecule has 7 rings (SSSR count). The smallest absolute Gasteiger partial charge is 0.227 e. The Labute approximate surface area is 380 Å². The first-order valence-corrected chi connectivity index (χ1v) is 23.5. The molecule has 12 heteroatoms. The first kappa shape index (κ1) is 46.2. The highest BCUT2D eigenvalue weighted by Gasteiger charge is 2.49. The quantitative estimate of drug-likeness (QED) is 0.0802. The second kappa shape index (κ2) is 22.2. The van der Waals surface area contributed by atoms with E-state index < -0.39 is 17.8 Å². The standard InChI is InChI=1S/C52H68N4O8/c1-7-11-31-63-45-22-21-37(33-46(45)59-5)50-39-35-48(64-32-12-8-2)47(60-6)34-38(39)40(36-49(57)55-27-23-53(24-28-55)41-17-13-15-19-43(41)61-9-3)51(50)52(58)56-29-25-54(26-30-56)42-18-14-16-20-44(42)62-10-4/h13-22,33-35,40,50-51H,7-12,23-32,36H2,1-6H3. The van der Waals surface area contributed by atoms with Crippen LogP contribution in [-0.2, 0) is 9.59 Å². The van der Waals surface area contributed by atoms with Crippen molar-refractivity contribution in [2.45, 2.75) is 71.6 Å². The summed E-state index contributed by atoms with van der Waals surface area (Å²) >= 11 is 0. The van der Waals surface area contributed by atoms with E-state index in [1.165, 1.54) is 0 Å². The van der Waals surface area contributed by atoms with E-state index in [1.54, 1.807) is 14.2 Å².